The first-order valence-corrected chi connectivity index (χ1v) is 7.32. The third-order valence-electron chi connectivity index (χ3n) is 3.58. The van der Waals surface area contributed by atoms with Gasteiger partial charge in [0.15, 0.2) is 0 Å². The molecule has 100 valence electrons. The summed E-state index contributed by atoms with van der Waals surface area (Å²) in [6.45, 7) is 10.3. The molecule has 2 nitrogen and oxygen atoms in total. The van der Waals surface area contributed by atoms with Crippen molar-refractivity contribution in [1.82, 2.24) is 5.01 Å². The Labute approximate surface area is 112 Å². The molecule has 0 spiro atoms. The zero-order valence-corrected chi connectivity index (χ0v) is 12.0. The van der Waals surface area contributed by atoms with Gasteiger partial charge in [-0.05, 0) is 49.8 Å². The van der Waals surface area contributed by atoms with Gasteiger partial charge in [-0.15, -0.1) is 0 Å². The number of hydrazine groups is 1. The molecule has 2 rings (SSSR count). The van der Waals surface area contributed by atoms with E-state index in [9.17, 15) is 0 Å². The zero-order chi connectivity index (χ0) is 13.0. The minimum atomic E-state index is 0.724. The Balaban J connectivity index is 2.14. The van der Waals surface area contributed by atoms with E-state index in [0.29, 0.717) is 0 Å². The molecule has 1 aromatic carbocycles. The maximum atomic E-state index is 2.49. The molecule has 0 saturated carbocycles. The van der Waals surface area contributed by atoms with Gasteiger partial charge in [-0.1, -0.05) is 26.0 Å². The van der Waals surface area contributed by atoms with E-state index < -0.39 is 0 Å². The van der Waals surface area contributed by atoms with Gasteiger partial charge in [-0.3, -0.25) is 0 Å². The molecule has 18 heavy (non-hydrogen) atoms. The van der Waals surface area contributed by atoms with E-state index in [-0.39, 0.29) is 0 Å². The van der Waals surface area contributed by atoms with Gasteiger partial charge < -0.3 is 5.01 Å². The van der Waals surface area contributed by atoms with Crippen LogP contribution < -0.4 is 5.01 Å². The lowest BCUT2D eigenvalue weighted by Crippen LogP contribution is -2.40. The standard InChI is InChI=1S/C16H26N2/c1-4-18(17-10-5-6-11-17)16-9-7-8-15(13-16)12-14(2)3/h7-9,13-14H,4-6,10-12H2,1-3H3. The van der Waals surface area contributed by atoms with Crippen LogP contribution in [0.2, 0.25) is 0 Å². The largest absolute Gasteiger partial charge is 0.306 e. The summed E-state index contributed by atoms with van der Waals surface area (Å²) in [5, 5.41) is 4.94. The van der Waals surface area contributed by atoms with E-state index in [1.165, 1.54) is 43.6 Å². The van der Waals surface area contributed by atoms with Crippen LogP contribution in [0.3, 0.4) is 0 Å². The summed E-state index contributed by atoms with van der Waals surface area (Å²) in [5.41, 5.74) is 2.82. The molecule has 1 aliphatic rings. The predicted octanol–water partition coefficient (Wildman–Crippen LogP) is 3.72. The fourth-order valence-electron chi connectivity index (χ4n) is 2.80. The number of rotatable bonds is 5. The highest BCUT2D eigenvalue weighted by Gasteiger charge is 2.18. The molecule has 1 aliphatic heterocycles. The van der Waals surface area contributed by atoms with Crippen molar-refractivity contribution in [2.24, 2.45) is 5.92 Å². The van der Waals surface area contributed by atoms with Gasteiger partial charge in [0.25, 0.3) is 0 Å². The summed E-state index contributed by atoms with van der Waals surface area (Å²) < 4.78 is 0. The van der Waals surface area contributed by atoms with Crippen LogP contribution in [-0.2, 0) is 6.42 Å². The second-order valence-electron chi connectivity index (χ2n) is 5.64. The molecule has 0 N–H and O–H groups in total. The number of anilines is 1. The second-order valence-corrected chi connectivity index (χ2v) is 5.64. The van der Waals surface area contributed by atoms with Crippen LogP contribution in [0.4, 0.5) is 5.69 Å². The highest BCUT2D eigenvalue weighted by molar-refractivity contribution is 5.47. The molecule has 0 aliphatic carbocycles. The molecule has 1 saturated heterocycles. The third-order valence-corrected chi connectivity index (χ3v) is 3.58. The molecule has 2 heteroatoms. The van der Waals surface area contributed by atoms with Gasteiger partial charge in [0.2, 0.25) is 0 Å². The number of nitrogens with zero attached hydrogens (tertiary/aromatic N) is 2. The Bertz CT molecular complexity index is 367. The van der Waals surface area contributed by atoms with Crippen LogP contribution >= 0.6 is 0 Å². The third kappa shape index (κ3) is 3.26. The highest BCUT2D eigenvalue weighted by atomic mass is 15.6. The Morgan fingerprint density at radius 2 is 1.94 bits per heavy atom. The number of hydrogen-bond donors (Lipinski definition) is 0. The normalized spacial score (nSPS) is 16.4. The summed E-state index contributed by atoms with van der Waals surface area (Å²) >= 11 is 0. The SMILES string of the molecule is CCN(c1cccc(CC(C)C)c1)N1CCCC1. The molecule has 0 unspecified atom stereocenters. The summed E-state index contributed by atoms with van der Waals surface area (Å²) in [6.07, 6.45) is 3.84. The molecule has 1 heterocycles. The van der Waals surface area contributed by atoms with Gasteiger partial charge in [-0.25, -0.2) is 5.01 Å². The van der Waals surface area contributed by atoms with Crippen molar-refractivity contribution in [3.63, 3.8) is 0 Å². The average molecular weight is 246 g/mol. The molecule has 0 bridgehead atoms. The van der Waals surface area contributed by atoms with Gasteiger partial charge in [0, 0.05) is 19.6 Å². The molecule has 1 fully saturated rings. The lowest BCUT2D eigenvalue weighted by molar-refractivity contribution is 0.312. The summed E-state index contributed by atoms with van der Waals surface area (Å²) in [7, 11) is 0. The average Bonchev–Trinajstić information content (AvgIpc) is 2.83. The van der Waals surface area contributed by atoms with Crippen LogP contribution in [0.15, 0.2) is 24.3 Å². The second kappa shape index (κ2) is 6.24. The zero-order valence-electron chi connectivity index (χ0n) is 12.0. The van der Waals surface area contributed by atoms with E-state index in [0.717, 1.165) is 12.5 Å². The van der Waals surface area contributed by atoms with Crippen LogP contribution in [0.25, 0.3) is 0 Å². The van der Waals surface area contributed by atoms with Gasteiger partial charge in [-0.2, -0.15) is 0 Å². The topological polar surface area (TPSA) is 6.48 Å². The Kier molecular flexibility index (Phi) is 4.65. The van der Waals surface area contributed by atoms with Crippen molar-refractivity contribution >= 4 is 5.69 Å². The van der Waals surface area contributed by atoms with Crippen molar-refractivity contribution in [2.45, 2.75) is 40.0 Å². The van der Waals surface area contributed by atoms with Crippen molar-refractivity contribution < 1.29 is 0 Å². The van der Waals surface area contributed by atoms with Crippen molar-refractivity contribution in [1.29, 1.82) is 0 Å². The number of hydrogen-bond acceptors (Lipinski definition) is 2. The van der Waals surface area contributed by atoms with E-state index in [1.54, 1.807) is 0 Å². The number of benzene rings is 1. The maximum Gasteiger partial charge on any atom is 0.0524 e. The minimum Gasteiger partial charge on any atom is -0.306 e. The molecule has 0 radical (unpaired) electrons. The molecule has 1 aromatic rings. The van der Waals surface area contributed by atoms with E-state index in [4.69, 9.17) is 0 Å². The minimum absolute atomic E-state index is 0.724. The maximum absolute atomic E-state index is 2.49. The van der Waals surface area contributed by atoms with Gasteiger partial charge in [0.1, 0.15) is 0 Å². The first-order valence-electron chi connectivity index (χ1n) is 7.32. The van der Waals surface area contributed by atoms with E-state index >= 15 is 0 Å². The molecule has 0 amide bonds. The van der Waals surface area contributed by atoms with Crippen LogP contribution in [0.5, 0.6) is 0 Å². The molecule has 0 aromatic heterocycles. The summed E-state index contributed by atoms with van der Waals surface area (Å²) in [5.74, 6) is 0.724. The van der Waals surface area contributed by atoms with E-state index in [1.807, 2.05) is 0 Å². The molecule has 0 atom stereocenters. The van der Waals surface area contributed by atoms with Gasteiger partial charge in [0.05, 0.1) is 5.69 Å². The predicted molar refractivity (Wildman–Crippen MR) is 78.8 cm³/mol. The van der Waals surface area contributed by atoms with Crippen LogP contribution in [-0.4, -0.2) is 24.6 Å². The first kappa shape index (κ1) is 13.4. The van der Waals surface area contributed by atoms with Crippen LogP contribution in [0.1, 0.15) is 39.2 Å². The van der Waals surface area contributed by atoms with Crippen molar-refractivity contribution in [3.8, 4) is 0 Å². The Hall–Kier alpha value is -1.02. The highest BCUT2D eigenvalue weighted by Crippen LogP contribution is 2.22. The lowest BCUT2D eigenvalue weighted by Gasteiger charge is -2.33. The quantitative estimate of drug-likeness (QED) is 0.781. The van der Waals surface area contributed by atoms with Gasteiger partial charge >= 0.3 is 0 Å². The monoisotopic (exact) mass is 246 g/mol. The summed E-state index contributed by atoms with van der Waals surface area (Å²) in [4.78, 5) is 0. The molecular formula is C16H26N2. The molecular weight excluding hydrogens is 220 g/mol. The Morgan fingerprint density at radius 1 is 1.22 bits per heavy atom. The summed E-state index contributed by atoms with van der Waals surface area (Å²) in [6, 6.07) is 9.06. The lowest BCUT2D eigenvalue weighted by atomic mass is 10.0. The van der Waals surface area contributed by atoms with E-state index in [2.05, 4.69) is 55.1 Å². The van der Waals surface area contributed by atoms with Crippen LogP contribution in [0, 0.1) is 5.92 Å². The first-order chi connectivity index (χ1) is 8.70. The smallest absolute Gasteiger partial charge is 0.0524 e. The van der Waals surface area contributed by atoms with Crippen molar-refractivity contribution in [3.05, 3.63) is 29.8 Å². The fourth-order valence-corrected chi connectivity index (χ4v) is 2.80. The fraction of sp³-hybridized carbons (Fsp3) is 0.625. The van der Waals surface area contributed by atoms with Crippen molar-refractivity contribution in [2.75, 3.05) is 24.6 Å². The Morgan fingerprint density at radius 3 is 2.56 bits per heavy atom.